The summed E-state index contributed by atoms with van der Waals surface area (Å²) in [6.07, 6.45) is 4.55. The van der Waals surface area contributed by atoms with E-state index in [0.29, 0.717) is 5.92 Å². The van der Waals surface area contributed by atoms with Crippen molar-refractivity contribution < 1.29 is 0 Å². The van der Waals surface area contributed by atoms with Crippen LogP contribution in [0.1, 0.15) is 126 Å². The van der Waals surface area contributed by atoms with Crippen molar-refractivity contribution in [1.82, 2.24) is 0 Å². The largest absolute Gasteiger partial charge is 0.309 e. The van der Waals surface area contributed by atoms with Crippen molar-refractivity contribution in [3.8, 4) is 11.1 Å². The van der Waals surface area contributed by atoms with Crippen molar-refractivity contribution >= 4 is 66.3 Å². The standard InChI is InChI=1S/C67H68N2/c1-13-46(10)62(38-48(12)49-24-16-14-17-25-49)68(60-30-22-20-28-52(60)42(2)3)64-40-58(44(6)7)54-35-37-57-65(41-59(45(8)9)55-34-36-56(64)66(54)67(55)57)69(61-31-23-21-29-53(61)43(4)5)63-39-51(33-32-47(63)11)50-26-18-15-19-27-50/h13-45H,12H2,1-11H3/b46-13-,62-38+. The summed E-state index contributed by atoms with van der Waals surface area (Å²) in [6.45, 7) is 30.0. The van der Waals surface area contributed by atoms with Gasteiger partial charge in [0.25, 0.3) is 0 Å². The molecule has 0 radical (unpaired) electrons. The number of hydrogen-bond donors (Lipinski definition) is 0. The summed E-state index contributed by atoms with van der Waals surface area (Å²) in [5.74, 6) is 1.12. The van der Waals surface area contributed by atoms with E-state index in [1.54, 1.807) is 0 Å². The van der Waals surface area contributed by atoms with Crippen LogP contribution in [-0.2, 0) is 0 Å². The third-order valence-corrected chi connectivity index (χ3v) is 14.3. The normalized spacial score (nSPS) is 12.4. The molecule has 2 heteroatoms. The van der Waals surface area contributed by atoms with Gasteiger partial charge in [-0.05, 0) is 158 Å². The second-order valence-corrected chi connectivity index (χ2v) is 20.2. The Labute approximate surface area is 412 Å². The van der Waals surface area contributed by atoms with E-state index in [2.05, 4.69) is 262 Å². The molecule has 0 aliphatic carbocycles. The Balaban J connectivity index is 1.44. The average molecular weight is 901 g/mol. The van der Waals surface area contributed by atoms with Crippen molar-refractivity contribution in [2.75, 3.05) is 9.80 Å². The van der Waals surface area contributed by atoms with E-state index in [4.69, 9.17) is 6.58 Å². The number of aryl methyl sites for hydroxylation is 1. The molecule has 9 rings (SSSR count). The molecule has 0 saturated heterocycles. The summed E-state index contributed by atoms with van der Waals surface area (Å²) in [6, 6.07) is 61.2. The summed E-state index contributed by atoms with van der Waals surface area (Å²) < 4.78 is 0. The third kappa shape index (κ3) is 8.67. The Morgan fingerprint density at radius 3 is 1.49 bits per heavy atom. The third-order valence-electron chi connectivity index (χ3n) is 14.3. The van der Waals surface area contributed by atoms with Gasteiger partial charge in [0.2, 0.25) is 0 Å². The predicted octanol–water partition coefficient (Wildman–Crippen LogP) is 20.2. The fraction of sp³-hybridized carbons (Fsp3) is 0.224. The lowest BCUT2D eigenvalue weighted by molar-refractivity contribution is 0.861. The van der Waals surface area contributed by atoms with Crippen molar-refractivity contribution in [2.45, 2.75) is 99.8 Å². The summed E-state index contributed by atoms with van der Waals surface area (Å²) in [5, 5.41) is 7.73. The average Bonchev–Trinajstić information content (AvgIpc) is 3.36. The Morgan fingerprint density at radius 2 is 0.928 bits per heavy atom. The summed E-state index contributed by atoms with van der Waals surface area (Å²) >= 11 is 0. The molecule has 0 bridgehead atoms. The lowest BCUT2D eigenvalue weighted by Gasteiger charge is -2.35. The molecule has 0 unspecified atom stereocenters. The second kappa shape index (κ2) is 19.4. The van der Waals surface area contributed by atoms with E-state index in [0.717, 1.165) is 16.8 Å². The smallest absolute Gasteiger partial charge is 0.0543 e. The minimum absolute atomic E-state index is 0.256. The molecule has 0 aromatic heterocycles. The number of hydrogen-bond acceptors (Lipinski definition) is 2. The Morgan fingerprint density at radius 1 is 0.449 bits per heavy atom. The monoisotopic (exact) mass is 901 g/mol. The van der Waals surface area contributed by atoms with Crippen LogP contribution >= 0.6 is 0 Å². The van der Waals surface area contributed by atoms with Crippen molar-refractivity contribution in [3.63, 3.8) is 0 Å². The zero-order valence-electron chi connectivity index (χ0n) is 42.7. The van der Waals surface area contributed by atoms with Gasteiger partial charge >= 0.3 is 0 Å². The van der Waals surface area contributed by atoms with Crippen LogP contribution in [0.5, 0.6) is 0 Å². The van der Waals surface area contributed by atoms with Gasteiger partial charge < -0.3 is 9.80 Å². The molecular formula is C67H68N2. The predicted molar refractivity (Wildman–Crippen MR) is 303 cm³/mol. The molecule has 9 aromatic rings. The highest BCUT2D eigenvalue weighted by Crippen LogP contribution is 2.52. The van der Waals surface area contributed by atoms with Gasteiger partial charge in [-0.1, -0.05) is 202 Å². The molecule has 69 heavy (non-hydrogen) atoms. The van der Waals surface area contributed by atoms with Crippen LogP contribution in [0, 0.1) is 6.92 Å². The number of anilines is 5. The van der Waals surface area contributed by atoms with Crippen LogP contribution in [0.25, 0.3) is 49.0 Å². The van der Waals surface area contributed by atoms with Crippen LogP contribution in [0.4, 0.5) is 28.4 Å². The lowest BCUT2D eigenvalue weighted by Crippen LogP contribution is -2.20. The van der Waals surface area contributed by atoms with E-state index < -0.39 is 0 Å². The molecule has 346 valence electrons. The fourth-order valence-electron chi connectivity index (χ4n) is 10.5. The van der Waals surface area contributed by atoms with Gasteiger partial charge in [-0.3, -0.25) is 0 Å². The summed E-state index contributed by atoms with van der Waals surface area (Å²) in [5.41, 5.74) is 19.3. The van der Waals surface area contributed by atoms with Gasteiger partial charge in [0.05, 0.1) is 11.4 Å². The molecule has 0 spiro atoms. The first-order valence-corrected chi connectivity index (χ1v) is 25.1. The maximum atomic E-state index is 4.70. The van der Waals surface area contributed by atoms with E-state index in [9.17, 15) is 0 Å². The molecular weight excluding hydrogens is 833 g/mol. The van der Waals surface area contributed by atoms with E-state index in [1.807, 2.05) is 0 Å². The highest BCUT2D eigenvalue weighted by molar-refractivity contribution is 6.29. The Bertz CT molecular complexity index is 3380. The number of rotatable bonds is 14. The van der Waals surface area contributed by atoms with Crippen LogP contribution in [0.3, 0.4) is 0 Å². The molecule has 0 aliphatic heterocycles. The summed E-state index contributed by atoms with van der Waals surface area (Å²) in [7, 11) is 0. The Hall–Kier alpha value is -7.16. The summed E-state index contributed by atoms with van der Waals surface area (Å²) in [4.78, 5) is 5.15. The molecule has 0 atom stereocenters. The molecule has 0 aliphatic rings. The van der Waals surface area contributed by atoms with E-state index in [-0.39, 0.29) is 17.8 Å². The van der Waals surface area contributed by atoms with Gasteiger partial charge in [0, 0.05) is 33.5 Å². The SMILES string of the molecule is C=C(/C=C(\C(C)=C/C)N(c1ccccc1C(C)C)c1cc(C(C)C)c2ccc3c(N(c4cc(-c5ccccc5)ccc4C)c4ccccc4C(C)C)cc(C(C)C)c4ccc1c2c43)c1ccccc1. The molecule has 0 amide bonds. The number of allylic oxidation sites excluding steroid dienone is 4. The highest BCUT2D eigenvalue weighted by atomic mass is 15.2. The van der Waals surface area contributed by atoms with E-state index in [1.165, 1.54) is 105 Å². The zero-order chi connectivity index (χ0) is 48.7. The molecule has 0 saturated carbocycles. The molecule has 9 aromatic carbocycles. The lowest BCUT2D eigenvalue weighted by atomic mass is 9.83. The fourth-order valence-corrected chi connectivity index (χ4v) is 10.5. The minimum Gasteiger partial charge on any atom is -0.309 e. The van der Waals surface area contributed by atoms with Crippen LogP contribution in [0.2, 0.25) is 0 Å². The quantitative estimate of drug-likeness (QED) is 0.0792. The maximum absolute atomic E-state index is 4.70. The number of para-hydroxylation sites is 2. The first-order chi connectivity index (χ1) is 33.3. The Kier molecular flexibility index (Phi) is 13.2. The highest BCUT2D eigenvalue weighted by Gasteiger charge is 2.29. The van der Waals surface area contributed by atoms with Gasteiger partial charge in [0.1, 0.15) is 0 Å². The second-order valence-electron chi connectivity index (χ2n) is 20.2. The topological polar surface area (TPSA) is 6.48 Å². The van der Waals surface area contributed by atoms with Crippen LogP contribution < -0.4 is 9.80 Å². The van der Waals surface area contributed by atoms with Crippen LogP contribution in [0.15, 0.2) is 194 Å². The van der Waals surface area contributed by atoms with Crippen molar-refractivity contribution in [3.05, 3.63) is 227 Å². The van der Waals surface area contributed by atoms with Gasteiger partial charge in [0.15, 0.2) is 0 Å². The van der Waals surface area contributed by atoms with Crippen LogP contribution in [-0.4, -0.2) is 0 Å². The molecule has 2 nitrogen and oxygen atoms in total. The van der Waals surface area contributed by atoms with Gasteiger partial charge in [-0.15, -0.1) is 0 Å². The first-order valence-electron chi connectivity index (χ1n) is 25.1. The number of benzene rings is 9. The van der Waals surface area contributed by atoms with Crippen molar-refractivity contribution in [1.29, 1.82) is 0 Å². The molecule has 0 N–H and O–H groups in total. The molecule has 0 fully saturated rings. The number of nitrogens with zero attached hydrogens (tertiary/aromatic N) is 2. The van der Waals surface area contributed by atoms with Crippen molar-refractivity contribution in [2.24, 2.45) is 0 Å². The zero-order valence-corrected chi connectivity index (χ0v) is 42.7. The van der Waals surface area contributed by atoms with E-state index >= 15 is 0 Å². The maximum Gasteiger partial charge on any atom is 0.0543 e. The van der Waals surface area contributed by atoms with Gasteiger partial charge in [-0.25, -0.2) is 0 Å². The minimum atomic E-state index is 0.256. The van der Waals surface area contributed by atoms with Gasteiger partial charge in [-0.2, -0.15) is 0 Å². The first kappa shape index (κ1) is 46.9. The molecule has 0 heterocycles.